The van der Waals surface area contributed by atoms with Crippen molar-refractivity contribution in [2.45, 2.75) is 43.6 Å². The molecule has 0 saturated heterocycles. The Morgan fingerprint density at radius 1 is 1.37 bits per heavy atom. The summed E-state index contributed by atoms with van der Waals surface area (Å²) in [5, 5.41) is 9.29. The first-order chi connectivity index (χ1) is 9.08. The van der Waals surface area contributed by atoms with Crippen LogP contribution in [0.5, 0.6) is 0 Å². The number of aliphatic hydroxyl groups is 1. The Labute approximate surface area is 113 Å². The fourth-order valence-electron chi connectivity index (χ4n) is 2.77. The van der Waals surface area contributed by atoms with Crippen LogP contribution in [0.15, 0.2) is 17.6 Å². The van der Waals surface area contributed by atoms with Crippen molar-refractivity contribution in [1.29, 1.82) is 0 Å². The lowest BCUT2D eigenvalue weighted by molar-refractivity contribution is 0.132. The first-order valence-electron chi connectivity index (χ1n) is 6.67. The topological polar surface area (TPSA) is 95.1 Å². The van der Waals surface area contributed by atoms with Gasteiger partial charge in [-0.2, -0.15) is 0 Å². The van der Waals surface area contributed by atoms with E-state index in [1.807, 2.05) is 0 Å². The molecule has 0 bridgehead atoms. The lowest BCUT2D eigenvalue weighted by Crippen LogP contribution is -2.39. The fourth-order valence-corrected chi connectivity index (χ4v) is 3.83. The van der Waals surface area contributed by atoms with Gasteiger partial charge in [0.05, 0.1) is 12.5 Å². The van der Waals surface area contributed by atoms with Crippen molar-refractivity contribution in [3.05, 3.63) is 12.5 Å². The zero-order valence-corrected chi connectivity index (χ0v) is 11.7. The number of nitrogens with one attached hydrogen (secondary N) is 2. The number of aliphatic hydroxyl groups excluding tert-OH is 1. The van der Waals surface area contributed by atoms with E-state index in [0.717, 1.165) is 25.7 Å². The van der Waals surface area contributed by atoms with Gasteiger partial charge in [0.25, 0.3) is 10.0 Å². The van der Waals surface area contributed by atoms with Crippen molar-refractivity contribution in [2.24, 2.45) is 5.41 Å². The van der Waals surface area contributed by atoms with Gasteiger partial charge >= 0.3 is 0 Å². The summed E-state index contributed by atoms with van der Waals surface area (Å²) in [5.41, 5.74) is -0.0971. The highest BCUT2D eigenvalue weighted by Crippen LogP contribution is 2.38. The van der Waals surface area contributed by atoms with Gasteiger partial charge in [0.15, 0.2) is 5.03 Å². The second-order valence-corrected chi connectivity index (χ2v) is 7.01. The van der Waals surface area contributed by atoms with Gasteiger partial charge in [-0.15, -0.1) is 0 Å². The van der Waals surface area contributed by atoms with Crippen LogP contribution in [0.2, 0.25) is 0 Å². The van der Waals surface area contributed by atoms with Crippen LogP contribution < -0.4 is 4.72 Å². The summed E-state index contributed by atoms with van der Waals surface area (Å²) in [5.74, 6) is 0. The third kappa shape index (κ3) is 3.55. The van der Waals surface area contributed by atoms with Gasteiger partial charge in [-0.25, -0.2) is 18.1 Å². The molecule has 7 heteroatoms. The van der Waals surface area contributed by atoms with Crippen LogP contribution in [0.25, 0.3) is 0 Å². The van der Waals surface area contributed by atoms with E-state index in [-0.39, 0.29) is 17.0 Å². The molecule has 1 saturated carbocycles. The van der Waals surface area contributed by atoms with Crippen LogP contribution in [-0.4, -0.2) is 36.6 Å². The van der Waals surface area contributed by atoms with Gasteiger partial charge < -0.3 is 10.1 Å². The van der Waals surface area contributed by atoms with E-state index >= 15 is 0 Å². The van der Waals surface area contributed by atoms with Crippen molar-refractivity contribution < 1.29 is 13.5 Å². The molecule has 0 radical (unpaired) electrons. The largest absolute Gasteiger partial charge is 0.396 e. The highest BCUT2D eigenvalue weighted by Gasteiger charge is 2.33. The van der Waals surface area contributed by atoms with E-state index in [2.05, 4.69) is 14.7 Å². The molecule has 0 aromatic carbocycles. The predicted octanol–water partition coefficient (Wildman–Crippen LogP) is 1.02. The Morgan fingerprint density at radius 3 is 2.68 bits per heavy atom. The maximum Gasteiger partial charge on any atom is 0.257 e. The van der Waals surface area contributed by atoms with E-state index in [1.165, 1.54) is 18.9 Å². The summed E-state index contributed by atoms with van der Waals surface area (Å²) in [4.78, 5) is 6.32. The number of sulfonamides is 1. The molecule has 2 rings (SSSR count). The van der Waals surface area contributed by atoms with Gasteiger partial charge in [-0.3, -0.25) is 0 Å². The van der Waals surface area contributed by atoms with Crippen LogP contribution in [0.3, 0.4) is 0 Å². The molecule has 0 spiro atoms. The Hall–Kier alpha value is -0.920. The molecule has 1 aliphatic rings. The van der Waals surface area contributed by atoms with E-state index in [1.54, 1.807) is 0 Å². The van der Waals surface area contributed by atoms with Gasteiger partial charge in [-0.05, 0) is 24.7 Å². The van der Waals surface area contributed by atoms with Crippen LogP contribution in [0.4, 0.5) is 0 Å². The molecule has 1 aliphatic carbocycles. The van der Waals surface area contributed by atoms with Crippen LogP contribution in [0.1, 0.15) is 38.5 Å². The van der Waals surface area contributed by atoms with Gasteiger partial charge in [0, 0.05) is 13.2 Å². The van der Waals surface area contributed by atoms with Crippen LogP contribution in [-0.2, 0) is 10.0 Å². The first-order valence-corrected chi connectivity index (χ1v) is 8.15. The third-order valence-electron chi connectivity index (χ3n) is 3.96. The summed E-state index contributed by atoms with van der Waals surface area (Å²) < 4.78 is 26.7. The number of hydrogen-bond donors (Lipinski definition) is 3. The Balaban J connectivity index is 2.03. The third-order valence-corrected chi connectivity index (χ3v) is 5.28. The summed E-state index contributed by atoms with van der Waals surface area (Å²) in [7, 11) is -3.52. The zero-order valence-electron chi connectivity index (χ0n) is 10.9. The molecule has 0 unspecified atom stereocenters. The molecular formula is C12H21N3O3S. The molecule has 1 heterocycles. The molecule has 1 fully saturated rings. The van der Waals surface area contributed by atoms with Gasteiger partial charge in [0.1, 0.15) is 0 Å². The minimum absolute atomic E-state index is 0.0856. The Morgan fingerprint density at radius 2 is 2.11 bits per heavy atom. The number of imidazole rings is 1. The monoisotopic (exact) mass is 287 g/mol. The van der Waals surface area contributed by atoms with E-state index in [4.69, 9.17) is 0 Å². The van der Waals surface area contributed by atoms with E-state index in [0.29, 0.717) is 13.0 Å². The predicted molar refractivity (Wildman–Crippen MR) is 71.0 cm³/mol. The zero-order chi connectivity index (χ0) is 13.8. The molecule has 3 N–H and O–H groups in total. The number of aromatic nitrogens is 2. The Bertz CT molecular complexity index is 473. The fraction of sp³-hybridized carbons (Fsp3) is 0.750. The number of aromatic amines is 1. The standard InChI is InChI=1S/C12H21N3O3S/c16-7-6-12(4-2-1-3-5-12)9-15-19(17,18)11-8-13-10-14-11/h8,10,15-16H,1-7,9H2,(H,13,14). The smallest absolute Gasteiger partial charge is 0.257 e. The van der Waals surface area contributed by atoms with Crippen molar-refractivity contribution in [1.82, 2.24) is 14.7 Å². The molecule has 1 aromatic heterocycles. The Kier molecular flexibility index (Phi) is 4.59. The molecule has 1 aromatic rings. The number of H-pyrrole nitrogens is 1. The van der Waals surface area contributed by atoms with Gasteiger partial charge in [-0.1, -0.05) is 19.3 Å². The molecule has 108 valence electrons. The summed E-state index contributed by atoms with van der Waals surface area (Å²) in [6, 6.07) is 0. The summed E-state index contributed by atoms with van der Waals surface area (Å²) in [6.07, 6.45) is 8.63. The van der Waals surface area contributed by atoms with Crippen molar-refractivity contribution >= 4 is 10.0 Å². The molecule has 19 heavy (non-hydrogen) atoms. The normalized spacial score (nSPS) is 19.4. The average Bonchev–Trinajstić information content (AvgIpc) is 2.93. The average molecular weight is 287 g/mol. The maximum absolute atomic E-state index is 12.0. The summed E-state index contributed by atoms with van der Waals surface area (Å²) >= 11 is 0. The van der Waals surface area contributed by atoms with Crippen molar-refractivity contribution in [2.75, 3.05) is 13.2 Å². The lowest BCUT2D eigenvalue weighted by Gasteiger charge is -2.37. The number of hydrogen-bond acceptors (Lipinski definition) is 4. The SMILES string of the molecule is O=S(=O)(NCC1(CCO)CCCCC1)c1cnc[nH]1. The first kappa shape index (κ1) is 14.5. The van der Waals surface area contributed by atoms with Crippen LogP contribution in [0, 0.1) is 5.41 Å². The highest BCUT2D eigenvalue weighted by atomic mass is 32.2. The van der Waals surface area contributed by atoms with Crippen LogP contribution >= 0.6 is 0 Å². The highest BCUT2D eigenvalue weighted by molar-refractivity contribution is 7.89. The number of rotatable bonds is 6. The van der Waals surface area contributed by atoms with E-state index in [9.17, 15) is 13.5 Å². The van der Waals surface area contributed by atoms with Gasteiger partial charge in [0.2, 0.25) is 0 Å². The van der Waals surface area contributed by atoms with Crippen molar-refractivity contribution in [3.63, 3.8) is 0 Å². The summed E-state index contributed by atoms with van der Waals surface area (Å²) in [6.45, 7) is 0.487. The second kappa shape index (κ2) is 6.02. The maximum atomic E-state index is 12.0. The minimum atomic E-state index is -3.52. The lowest BCUT2D eigenvalue weighted by atomic mass is 9.72. The van der Waals surface area contributed by atoms with Crippen molar-refractivity contribution in [3.8, 4) is 0 Å². The molecule has 0 atom stereocenters. The second-order valence-electron chi connectivity index (χ2n) is 5.27. The molecule has 0 aliphatic heterocycles. The minimum Gasteiger partial charge on any atom is -0.396 e. The molecular weight excluding hydrogens is 266 g/mol. The quantitative estimate of drug-likeness (QED) is 0.728. The molecule has 0 amide bonds. The van der Waals surface area contributed by atoms with E-state index < -0.39 is 10.0 Å². The number of nitrogens with zero attached hydrogens (tertiary/aromatic N) is 1. The molecule has 6 nitrogen and oxygen atoms in total.